The van der Waals surface area contributed by atoms with E-state index in [1.165, 1.54) is 12.1 Å². The molecular weight excluding hydrogens is 327 g/mol. The summed E-state index contributed by atoms with van der Waals surface area (Å²) in [6, 6.07) is 3.09. The van der Waals surface area contributed by atoms with Crippen LogP contribution in [-0.4, -0.2) is 46.9 Å². The molecule has 1 saturated heterocycles. The Morgan fingerprint density at radius 1 is 1.28 bits per heavy atom. The van der Waals surface area contributed by atoms with Crippen LogP contribution in [0.4, 0.5) is 4.39 Å². The molecule has 0 saturated carbocycles. The predicted molar refractivity (Wildman–Crippen MR) is 89.9 cm³/mol. The summed E-state index contributed by atoms with van der Waals surface area (Å²) in [6.07, 6.45) is 1.74. The van der Waals surface area contributed by atoms with Gasteiger partial charge in [-0.2, -0.15) is 0 Å². The monoisotopic (exact) mass is 350 g/mol. The molecule has 0 radical (unpaired) electrons. The van der Waals surface area contributed by atoms with Gasteiger partial charge in [0.2, 0.25) is 5.91 Å². The highest BCUT2D eigenvalue weighted by Gasteiger charge is 2.25. The van der Waals surface area contributed by atoms with Crippen molar-refractivity contribution in [1.29, 1.82) is 0 Å². The normalized spacial score (nSPS) is 15.3. The van der Waals surface area contributed by atoms with Gasteiger partial charge in [0.15, 0.2) is 0 Å². The summed E-state index contributed by atoms with van der Waals surface area (Å²) in [6.45, 7) is 5.12. The lowest BCUT2D eigenvalue weighted by Gasteiger charge is -2.33. The van der Waals surface area contributed by atoms with Crippen molar-refractivity contribution in [2.24, 2.45) is 5.92 Å². The summed E-state index contributed by atoms with van der Waals surface area (Å²) < 4.78 is 13.9. The number of hydrogen-bond donors (Lipinski definition) is 2. The van der Waals surface area contributed by atoms with Crippen molar-refractivity contribution in [1.82, 2.24) is 10.2 Å². The lowest BCUT2D eigenvalue weighted by molar-refractivity contribution is -0.133. The van der Waals surface area contributed by atoms with Crippen molar-refractivity contribution in [2.75, 3.05) is 13.1 Å². The topological polar surface area (TPSA) is 86.7 Å². The molecule has 1 fully saturated rings. The highest BCUT2D eigenvalue weighted by Crippen LogP contribution is 2.16. The molecule has 1 aliphatic heterocycles. The van der Waals surface area contributed by atoms with E-state index in [2.05, 4.69) is 5.32 Å². The molecule has 6 nitrogen and oxygen atoms in total. The van der Waals surface area contributed by atoms with Gasteiger partial charge in [0.1, 0.15) is 5.82 Å². The van der Waals surface area contributed by atoms with Crippen molar-refractivity contribution >= 4 is 17.8 Å². The van der Waals surface area contributed by atoms with Crippen LogP contribution in [0.15, 0.2) is 18.2 Å². The zero-order chi connectivity index (χ0) is 18.6. The quantitative estimate of drug-likeness (QED) is 0.853. The summed E-state index contributed by atoms with van der Waals surface area (Å²) in [5.74, 6) is -2.25. The number of carbonyl (C=O) groups excluding carboxylic acids is 2. The number of rotatable bonds is 5. The van der Waals surface area contributed by atoms with Gasteiger partial charge in [-0.3, -0.25) is 9.59 Å². The number of nitrogens with one attached hydrogen (secondary N) is 1. The van der Waals surface area contributed by atoms with Crippen LogP contribution >= 0.6 is 0 Å². The summed E-state index contributed by atoms with van der Waals surface area (Å²) >= 11 is 0. The summed E-state index contributed by atoms with van der Waals surface area (Å²) in [4.78, 5) is 36.8. The number of carboxylic acids is 1. The summed E-state index contributed by atoms with van der Waals surface area (Å²) in [7, 11) is 0. The molecule has 0 bridgehead atoms. The molecule has 0 aliphatic carbocycles. The van der Waals surface area contributed by atoms with Gasteiger partial charge in [0, 0.05) is 25.6 Å². The van der Waals surface area contributed by atoms with Crippen LogP contribution in [-0.2, 0) is 4.79 Å². The first kappa shape index (κ1) is 18.9. The van der Waals surface area contributed by atoms with Crippen LogP contribution in [0.1, 0.15) is 53.8 Å². The van der Waals surface area contributed by atoms with E-state index in [-0.39, 0.29) is 23.1 Å². The lowest BCUT2D eigenvalue weighted by atomic mass is 10.0. The Morgan fingerprint density at radius 3 is 2.44 bits per heavy atom. The maximum absolute atomic E-state index is 13.9. The molecule has 136 valence electrons. The fourth-order valence-corrected chi connectivity index (χ4v) is 2.85. The first-order chi connectivity index (χ1) is 11.8. The van der Waals surface area contributed by atoms with Crippen LogP contribution in [0.2, 0.25) is 0 Å². The van der Waals surface area contributed by atoms with Gasteiger partial charge in [-0.25, -0.2) is 9.18 Å². The third-order valence-corrected chi connectivity index (χ3v) is 4.23. The second-order valence-electron chi connectivity index (χ2n) is 6.73. The molecule has 0 atom stereocenters. The van der Waals surface area contributed by atoms with Crippen molar-refractivity contribution in [3.05, 3.63) is 35.1 Å². The molecule has 0 aromatic heterocycles. The Morgan fingerprint density at radius 2 is 1.92 bits per heavy atom. The molecule has 2 rings (SSSR count). The Kier molecular flexibility index (Phi) is 6.12. The zero-order valence-corrected chi connectivity index (χ0v) is 14.4. The standard InChI is InChI=1S/C18H23FN2O4/c1-11(2)9-16(22)21-7-5-13(6-8-21)20-17(23)14-4-3-12(18(24)25)10-15(14)19/h3-4,10-11,13H,5-9H2,1-2H3,(H,20,23)(H,24,25). The average molecular weight is 350 g/mol. The van der Waals surface area contributed by atoms with Gasteiger partial charge in [-0.1, -0.05) is 13.8 Å². The van der Waals surface area contributed by atoms with Crippen LogP contribution in [0, 0.1) is 11.7 Å². The predicted octanol–water partition coefficient (Wildman–Crippen LogP) is 2.29. The fourth-order valence-electron chi connectivity index (χ4n) is 2.85. The van der Waals surface area contributed by atoms with Gasteiger partial charge < -0.3 is 15.3 Å². The molecule has 0 spiro atoms. The Bertz CT molecular complexity index is 667. The number of hydrogen-bond acceptors (Lipinski definition) is 3. The van der Waals surface area contributed by atoms with Crippen LogP contribution in [0.25, 0.3) is 0 Å². The minimum atomic E-state index is -1.25. The molecule has 1 aromatic rings. The number of piperidine rings is 1. The highest BCUT2D eigenvalue weighted by molar-refractivity contribution is 5.96. The number of aromatic carboxylic acids is 1. The second kappa shape index (κ2) is 8.09. The van der Waals surface area contributed by atoms with Crippen molar-refractivity contribution in [3.8, 4) is 0 Å². The van der Waals surface area contributed by atoms with E-state index in [4.69, 9.17) is 5.11 Å². The van der Waals surface area contributed by atoms with E-state index in [0.717, 1.165) is 6.07 Å². The Balaban J connectivity index is 1.90. The third-order valence-electron chi connectivity index (χ3n) is 4.23. The average Bonchev–Trinajstić information content (AvgIpc) is 2.54. The fraction of sp³-hybridized carbons (Fsp3) is 0.500. The first-order valence-corrected chi connectivity index (χ1v) is 8.39. The van der Waals surface area contributed by atoms with Crippen LogP contribution in [0.5, 0.6) is 0 Å². The SMILES string of the molecule is CC(C)CC(=O)N1CCC(NC(=O)c2ccc(C(=O)O)cc2F)CC1. The molecule has 1 aliphatic rings. The molecule has 25 heavy (non-hydrogen) atoms. The largest absolute Gasteiger partial charge is 0.478 e. The van der Waals surface area contributed by atoms with E-state index in [1.807, 2.05) is 13.8 Å². The number of amides is 2. The van der Waals surface area contributed by atoms with Gasteiger partial charge >= 0.3 is 5.97 Å². The minimum absolute atomic E-state index is 0.120. The molecule has 2 amide bonds. The van der Waals surface area contributed by atoms with Crippen molar-refractivity contribution < 1.29 is 23.9 Å². The van der Waals surface area contributed by atoms with E-state index in [9.17, 15) is 18.8 Å². The Hall–Kier alpha value is -2.44. The summed E-state index contributed by atoms with van der Waals surface area (Å²) in [5, 5.41) is 11.6. The van der Waals surface area contributed by atoms with Crippen molar-refractivity contribution in [3.63, 3.8) is 0 Å². The van der Waals surface area contributed by atoms with E-state index in [1.54, 1.807) is 4.90 Å². The smallest absolute Gasteiger partial charge is 0.335 e. The van der Waals surface area contributed by atoms with Gasteiger partial charge in [-0.15, -0.1) is 0 Å². The minimum Gasteiger partial charge on any atom is -0.478 e. The maximum atomic E-state index is 13.9. The highest BCUT2D eigenvalue weighted by atomic mass is 19.1. The number of likely N-dealkylation sites (tertiary alicyclic amines) is 1. The van der Waals surface area contributed by atoms with E-state index < -0.39 is 17.7 Å². The molecule has 1 aromatic carbocycles. The van der Waals surface area contributed by atoms with E-state index >= 15 is 0 Å². The third kappa shape index (κ3) is 5.01. The zero-order valence-electron chi connectivity index (χ0n) is 14.4. The first-order valence-electron chi connectivity index (χ1n) is 8.39. The number of carbonyl (C=O) groups is 3. The Labute approximate surface area is 146 Å². The maximum Gasteiger partial charge on any atom is 0.335 e. The van der Waals surface area contributed by atoms with E-state index in [0.29, 0.717) is 38.3 Å². The van der Waals surface area contributed by atoms with Crippen LogP contribution in [0.3, 0.4) is 0 Å². The molecule has 0 unspecified atom stereocenters. The van der Waals surface area contributed by atoms with Gasteiger partial charge in [-0.05, 0) is 37.0 Å². The number of benzene rings is 1. The number of halogens is 1. The molecule has 7 heteroatoms. The van der Waals surface area contributed by atoms with Gasteiger partial charge in [0.05, 0.1) is 11.1 Å². The summed E-state index contributed by atoms with van der Waals surface area (Å²) in [5.41, 5.74) is -0.380. The molecule has 2 N–H and O–H groups in total. The van der Waals surface area contributed by atoms with Gasteiger partial charge in [0.25, 0.3) is 5.91 Å². The van der Waals surface area contributed by atoms with Crippen LogP contribution < -0.4 is 5.32 Å². The second-order valence-corrected chi connectivity index (χ2v) is 6.73. The lowest BCUT2D eigenvalue weighted by Crippen LogP contribution is -2.46. The van der Waals surface area contributed by atoms with Crippen molar-refractivity contribution in [2.45, 2.75) is 39.2 Å². The molecular formula is C18H23FN2O4. The number of carboxylic acid groups (broad SMARTS) is 1. The number of nitrogens with zero attached hydrogens (tertiary/aromatic N) is 1. The molecule has 1 heterocycles.